The number of carbonyl (C=O) groups is 4. The number of benzene rings is 1. The summed E-state index contributed by atoms with van der Waals surface area (Å²) in [6.45, 7) is 4.56. The number of aromatic nitrogens is 1. The summed E-state index contributed by atoms with van der Waals surface area (Å²) in [5.74, 6) is -9.26. The van der Waals surface area contributed by atoms with Gasteiger partial charge in [0.25, 0.3) is 5.92 Å². The molecule has 1 N–H and O–H groups in total. The van der Waals surface area contributed by atoms with Crippen molar-refractivity contribution < 1.29 is 64.1 Å². The zero-order chi connectivity index (χ0) is 43.3. The van der Waals surface area contributed by atoms with Gasteiger partial charge < -0.3 is 23.8 Å². The number of amides is 2. The third-order valence-electron chi connectivity index (χ3n) is 12.4. The van der Waals surface area contributed by atoms with Gasteiger partial charge in [-0.05, 0) is 77.8 Å². The largest absolute Gasteiger partial charge is 0.496 e. The second kappa shape index (κ2) is 16.3. The molecule has 1 aromatic heterocycles. The van der Waals surface area contributed by atoms with Crippen molar-refractivity contribution in [2.24, 2.45) is 17.3 Å². The first-order valence-corrected chi connectivity index (χ1v) is 21.2. The number of carbonyl (C=O) groups excluding carboxylic acids is 4. The molecule has 2 aliphatic heterocycles. The van der Waals surface area contributed by atoms with E-state index in [1.54, 1.807) is 32.1 Å². The summed E-state index contributed by atoms with van der Waals surface area (Å²) in [4.78, 5) is 62.2. The van der Waals surface area contributed by atoms with E-state index < -0.39 is 117 Å². The number of Topliss-reactive ketones (excluding diaryl/α,β-unsaturated/α-hetero) is 1. The summed E-state index contributed by atoms with van der Waals surface area (Å²) in [5, 5.41) is 0.708. The second-order valence-electron chi connectivity index (χ2n) is 17.0. The van der Waals surface area contributed by atoms with Gasteiger partial charge in [-0.15, -0.1) is 0 Å². The molecular weight excluding hydrogens is 803 g/mol. The Morgan fingerprint density at radius 3 is 2.47 bits per heavy atom. The van der Waals surface area contributed by atoms with Crippen LogP contribution in [0.4, 0.5) is 17.6 Å². The number of nitrogens with zero attached hydrogens (tertiary/aromatic N) is 2. The highest BCUT2D eigenvalue weighted by Crippen LogP contribution is 2.58. The van der Waals surface area contributed by atoms with Crippen molar-refractivity contribution in [3.05, 3.63) is 42.4 Å². The number of sulfonamides is 1. The average Bonchev–Trinajstić information content (AvgIpc) is 4.06. The number of allylic oxidation sites excluding steroid dienone is 2. The number of hydrogen-bond donors (Lipinski definition) is 1. The lowest BCUT2D eigenvalue weighted by Gasteiger charge is -2.34. The quantitative estimate of drug-likeness (QED) is 0.166. The van der Waals surface area contributed by atoms with Crippen molar-refractivity contribution in [1.82, 2.24) is 14.6 Å². The van der Waals surface area contributed by atoms with Crippen LogP contribution >= 0.6 is 0 Å². The van der Waals surface area contributed by atoms with E-state index in [1.807, 2.05) is 0 Å². The van der Waals surface area contributed by atoms with Crippen LogP contribution in [0.3, 0.4) is 0 Å². The lowest BCUT2D eigenvalue weighted by atomic mass is 9.90. The molecule has 2 aliphatic carbocycles. The number of ketones is 1. The first-order valence-electron chi connectivity index (χ1n) is 19.7. The molecule has 2 aromatic rings. The highest BCUT2D eigenvalue weighted by atomic mass is 32.2. The summed E-state index contributed by atoms with van der Waals surface area (Å²) in [7, 11) is -3.07. The molecule has 0 unspecified atom stereocenters. The van der Waals surface area contributed by atoms with Crippen molar-refractivity contribution in [3.63, 3.8) is 0 Å². The number of esters is 1. The molecule has 6 rings (SSSR count). The molecule has 0 spiro atoms. The highest BCUT2D eigenvalue weighted by Gasteiger charge is 2.63. The van der Waals surface area contributed by atoms with Gasteiger partial charge in [0.1, 0.15) is 29.1 Å². The molecule has 1 saturated heterocycles. The molecule has 2 saturated carbocycles. The molecule has 13 nitrogen and oxygen atoms in total. The number of alkyl halides is 3. The van der Waals surface area contributed by atoms with Crippen LogP contribution in [-0.2, 0) is 38.7 Å². The van der Waals surface area contributed by atoms with Gasteiger partial charge in [-0.2, -0.15) is 0 Å². The monoisotopic (exact) mass is 853 g/mol. The Hall–Kier alpha value is -4.32. The van der Waals surface area contributed by atoms with E-state index in [-0.39, 0.29) is 49.2 Å². The molecule has 2 amide bonds. The van der Waals surface area contributed by atoms with Crippen LogP contribution in [0, 0.1) is 23.1 Å². The van der Waals surface area contributed by atoms with E-state index in [2.05, 4.69) is 9.71 Å². The number of halogens is 4. The third kappa shape index (κ3) is 8.93. The fourth-order valence-electron chi connectivity index (χ4n) is 7.93. The molecule has 0 bridgehead atoms. The SMILES string of the molecule is COc1cc(F)cc2c(O[C@@H]3C[C@H]4C(=O)C[C@]5(C(=O)NS(=O)(=O)C6(CF)CC6)C[C@H]5/C=C\CC[C@@H](C)O[C@@H](C)[C@H](CC(=O)OC(C)(C)C(C)(F)F)C(=O)N4C3)nccc12. The highest BCUT2D eigenvalue weighted by molar-refractivity contribution is 7.91. The lowest BCUT2D eigenvalue weighted by molar-refractivity contribution is -0.198. The smallest absolute Gasteiger partial charge is 0.307 e. The van der Waals surface area contributed by atoms with Crippen LogP contribution < -0.4 is 14.2 Å². The normalized spacial score (nSPS) is 29.4. The summed E-state index contributed by atoms with van der Waals surface area (Å²) in [5.41, 5.74) is -3.77. The topological polar surface area (TPSA) is 168 Å². The van der Waals surface area contributed by atoms with Gasteiger partial charge >= 0.3 is 5.97 Å². The minimum Gasteiger partial charge on any atom is -0.496 e. The van der Waals surface area contributed by atoms with Crippen LogP contribution in [-0.4, -0.2) is 103 Å². The number of fused-ring (bicyclic) bond motifs is 3. The predicted octanol–water partition coefficient (Wildman–Crippen LogP) is 5.77. The zero-order valence-corrected chi connectivity index (χ0v) is 34.7. The van der Waals surface area contributed by atoms with Gasteiger partial charge in [0, 0.05) is 37.4 Å². The molecule has 3 heterocycles. The molecule has 0 radical (unpaired) electrons. The first-order chi connectivity index (χ1) is 27.6. The summed E-state index contributed by atoms with van der Waals surface area (Å²) in [6, 6.07) is 2.68. The van der Waals surface area contributed by atoms with Crippen LogP contribution in [0.2, 0.25) is 0 Å². The van der Waals surface area contributed by atoms with Crippen molar-refractivity contribution in [1.29, 1.82) is 0 Å². The summed E-state index contributed by atoms with van der Waals surface area (Å²) >= 11 is 0. The van der Waals surface area contributed by atoms with Crippen molar-refractivity contribution in [2.75, 3.05) is 20.3 Å². The van der Waals surface area contributed by atoms with Gasteiger partial charge in [0.15, 0.2) is 11.4 Å². The molecule has 7 atom stereocenters. The Morgan fingerprint density at radius 2 is 1.83 bits per heavy atom. The fraction of sp³-hybridized carbons (Fsp3) is 0.634. The standard InChI is InChI=1S/C41H51F4N3O10S/c1-23-9-7-8-10-25-19-41(25,37(52)47-59(53,54)40(22-42)12-13-40)20-32(49)31-17-27(57-35-30-15-26(43)16-33(55-6)28(30)11-14-46-35)21-48(31)36(51)29(24(2)56-23)18-34(50)58-38(3,4)39(5,44)45/h8,10-11,14-16,23-25,27,29,31H,7,9,12-13,17-22H2,1-6H3,(H,47,52)/b10-8-/t23-,24+,25-,27-,29+,31+,41-/m1/s1. The lowest BCUT2D eigenvalue weighted by Crippen LogP contribution is -2.50. The van der Waals surface area contributed by atoms with E-state index in [0.29, 0.717) is 25.2 Å². The van der Waals surface area contributed by atoms with Crippen LogP contribution in [0.15, 0.2) is 36.5 Å². The Bertz CT molecular complexity index is 2120. The second-order valence-corrected chi connectivity index (χ2v) is 19.1. The molecule has 59 heavy (non-hydrogen) atoms. The Morgan fingerprint density at radius 1 is 1.12 bits per heavy atom. The van der Waals surface area contributed by atoms with Gasteiger partial charge in [0.2, 0.25) is 27.7 Å². The average molecular weight is 854 g/mol. The van der Waals surface area contributed by atoms with E-state index in [4.69, 9.17) is 18.9 Å². The predicted molar refractivity (Wildman–Crippen MR) is 205 cm³/mol. The number of nitrogens with one attached hydrogen (secondary N) is 1. The molecule has 4 aliphatic rings. The van der Waals surface area contributed by atoms with Gasteiger partial charge in [-0.25, -0.2) is 31.0 Å². The number of rotatable bonds is 11. The molecule has 324 valence electrons. The van der Waals surface area contributed by atoms with Gasteiger partial charge in [-0.3, -0.25) is 23.9 Å². The van der Waals surface area contributed by atoms with Gasteiger partial charge in [-0.1, -0.05) is 12.2 Å². The maximum atomic E-state index is 14.8. The molecule has 18 heteroatoms. The van der Waals surface area contributed by atoms with Crippen LogP contribution in [0.25, 0.3) is 10.8 Å². The fourth-order valence-corrected chi connectivity index (χ4v) is 9.38. The molecule has 3 fully saturated rings. The Balaban J connectivity index is 1.37. The van der Waals surface area contributed by atoms with E-state index in [0.717, 1.165) is 13.8 Å². The first kappa shape index (κ1) is 44.2. The number of pyridine rings is 1. The van der Waals surface area contributed by atoms with Gasteiger partial charge in [0.05, 0.1) is 55.0 Å². The van der Waals surface area contributed by atoms with Crippen LogP contribution in [0.1, 0.15) is 86.0 Å². The third-order valence-corrected chi connectivity index (χ3v) is 14.5. The minimum absolute atomic E-state index is 0.0309. The summed E-state index contributed by atoms with van der Waals surface area (Å²) in [6.07, 6.45) is 2.19. The van der Waals surface area contributed by atoms with E-state index >= 15 is 0 Å². The number of hydrogen-bond acceptors (Lipinski definition) is 11. The van der Waals surface area contributed by atoms with E-state index in [1.165, 1.54) is 30.3 Å². The molecule has 1 aromatic carbocycles. The number of methoxy groups -OCH3 is 1. The maximum absolute atomic E-state index is 14.8. The minimum atomic E-state index is -4.44. The Labute approximate surface area is 340 Å². The molecular formula is C41H51F4N3O10S. The van der Waals surface area contributed by atoms with Crippen molar-refractivity contribution in [3.8, 4) is 11.6 Å². The maximum Gasteiger partial charge on any atom is 0.307 e. The number of ether oxygens (including phenoxy) is 4. The van der Waals surface area contributed by atoms with Crippen molar-refractivity contribution in [2.45, 2.75) is 127 Å². The van der Waals surface area contributed by atoms with Crippen molar-refractivity contribution >= 4 is 44.4 Å². The van der Waals surface area contributed by atoms with E-state index in [9.17, 15) is 45.2 Å². The van der Waals surface area contributed by atoms with Crippen LogP contribution in [0.5, 0.6) is 11.6 Å². The Kier molecular flexibility index (Phi) is 12.2. The summed E-state index contributed by atoms with van der Waals surface area (Å²) < 4.78 is 107. The zero-order valence-electron chi connectivity index (χ0n) is 33.9.